The normalized spacial score (nSPS) is 9.81. The van der Waals surface area contributed by atoms with Gasteiger partial charge in [0.2, 0.25) is 0 Å². The minimum absolute atomic E-state index is 0.0375. The van der Waals surface area contributed by atoms with E-state index in [-0.39, 0.29) is 23.5 Å². The lowest BCUT2D eigenvalue weighted by Crippen LogP contribution is -2.36. The first-order valence-corrected chi connectivity index (χ1v) is 6.77. The molecule has 1 aromatic carbocycles. The van der Waals surface area contributed by atoms with E-state index in [0.717, 1.165) is 0 Å². The molecule has 2 N–H and O–H groups in total. The third-order valence-electron chi connectivity index (χ3n) is 2.68. The number of thiocarbonyl (C=S) groups is 1. The minimum atomic E-state index is -0.580. The van der Waals surface area contributed by atoms with Crippen molar-refractivity contribution >= 4 is 28.8 Å². The summed E-state index contributed by atoms with van der Waals surface area (Å²) in [5.74, 6) is 0.0625. The van der Waals surface area contributed by atoms with Gasteiger partial charge in [-0.1, -0.05) is 0 Å². The number of ketones is 1. The standard InChI is InChI=1S/C13H17N3O4S/c1-3-14-13(21)15-7-6-12(17)10-8-9(20-2)4-5-11(10)16(18)19/h4-5,8H,3,6-7H2,1-2H3,(H2,14,15,21). The van der Waals surface area contributed by atoms with Crippen molar-refractivity contribution in [2.24, 2.45) is 0 Å². The predicted octanol–water partition coefficient (Wildman–Crippen LogP) is 1.66. The van der Waals surface area contributed by atoms with Gasteiger partial charge in [0.05, 0.1) is 17.6 Å². The van der Waals surface area contributed by atoms with Gasteiger partial charge in [-0.3, -0.25) is 14.9 Å². The molecule has 0 aliphatic rings. The summed E-state index contributed by atoms with van der Waals surface area (Å²) in [5, 5.41) is 17.2. The SMILES string of the molecule is CCNC(=S)NCCC(=O)c1cc(OC)ccc1[N+](=O)[O-]. The van der Waals surface area contributed by atoms with E-state index < -0.39 is 4.92 Å². The molecule has 1 aromatic rings. The van der Waals surface area contributed by atoms with Gasteiger partial charge in [0.15, 0.2) is 10.9 Å². The van der Waals surface area contributed by atoms with Crippen molar-refractivity contribution in [3.63, 3.8) is 0 Å². The number of benzene rings is 1. The van der Waals surface area contributed by atoms with E-state index in [0.29, 0.717) is 24.0 Å². The highest BCUT2D eigenvalue weighted by Gasteiger charge is 2.20. The number of nitro groups is 1. The van der Waals surface area contributed by atoms with Gasteiger partial charge < -0.3 is 15.4 Å². The molecular formula is C13H17N3O4S. The molecule has 0 saturated heterocycles. The highest BCUT2D eigenvalue weighted by atomic mass is 32.1. The largest absolute Gasteiger partial charge is 0.497 e. The Morgan fingerprint density at radius 3 is 2.71 bits per heavy atom. The molecule has 0 heterocycles. The lowest BCUT2D eigenvalue weighted by Gasteiger charge is -2.09. The zero-order valence-electron chi connectivity index (χ0n) is 11.8. The number of nitro benzene ring substituents is 1. The third kappa shape index (κ3) is 4.99. The molecule has 0 atom stereocenters. The van der Waals surface area contributed by atoms with Crippen LogP contribution in [-0.4, -0.2) is 36.0 Å². The van der Waals surface area contributed by atoms with E-state index in [9.17, 15) is 14.9 Å². The molecule has 0 unspecified atom stereocenters. The maximum Gasteiger partial charge on any atom is 0.280 e. The van der Waals surface area contributed by atoms with Crippen LogP contribution in [0.5, 0.6) is 5.75 Å². The summed E-state index contributed by atoms with van der Waals surface area (Å²) >= 11 is 4.97. The van der Waals surface area contributed by atoms with Crippen LogP contribution < -0.4 is 15.4 Å². The summed E-state index contributed by atoms with van der Waals surface area (Å²) in [6, 6.07) is 4.10. The van der Waals surface area contributed by atoms with E-state index in [4.69, 9.17) is 17.0 Å². The maximum absolute atomic E-state index is 12.1. The highest BCUT2D eigenvalue weighted by Crippen LogP contribution is 2.25. The number of hydrogen-bond acceptors (Lipinski definition) is 5. The zero-order chi connectivity index (χ0) is 15.8. The summed E-state index contributed by atoms with van der Waals surface area (Å²) < 4.78 is 4.99. The van der Waals surface area contributed by atoms with Crippen molar-refractivity contribution in [3.05, 3.63) is 33.9 Å². The lowest BCUT2D eigenvalue weighted by atomic mass is 10.1. The first-order chi connectivity index (χ1) is 9.99. The van der Waals surface area contributed by atoms with Crippen LogP contribution in [0.4, 0.5) is 5.69 Å². The third-order valence-corrected chi connectivity index (χ3v) is 2.96. The number of carbonyl (C=O) groups excluding carboxylic acids is 1. The first-order valence-electron chi connectivity index (χ1n) is 6.37. The quantitative estimate of drug-likeness (QED) is 0.342. The van der Waals surface area contributed by atoms with Crippen LogP contribution in [0.15, 0.2) is 18.2 Å². The van der Waals surface area contributed by atoms with Crippen molar-refractivity contribution < 1.29 is 14.5 Å². The van der Waals surface area contributed by atoms with Crippen molar-refractivity contribution in [1.29, 1.82) is 0 Å². The van der Waals surface area contributed by atoms with Gasteiger partial charge in [0.1, 0.15) is 5.75 Å². The van der Waals surface area contributed by atoms with Crippen molar-refractivity contribution in [2.75, 3.05) is 20.2 Å². The Balaban J connectivity index is 2.76. The fraction of sp³-hybridized carbons (Fsp3) is 0.385. The number of Topliss-reactive ketones (excluding diaryl/α,β-unsaturated/α-hetero) is 1. The Morgan fingerprint density at radius 2 is 2.14 bits per heavy atom. The second-order valence-electron chi connectivity index (χ2n) is 4.10. The summed E-state index contributed by atoms with van der Waals surface area (Å²) in [4.78, 5) is 22.5. The molecule has 1 rings (SSSR count). The summed E-state index contributed by atoms with van der Waals surface area (Å²) in [6.45, 7) is 2.89. The molecule has 0 spiro atoms. The number of ether oxygens (including phenoxy) is 1. The molecule has 0 amide bonds. The van der Waals surface area contributed by atoms with Crippen LogP contribution in [-0.2, 0) is 0 Å². The number of nitrogens with one attached hydrogen (secondary N) is 2. The van der Waals surface area contributed by atoms with Gasteiger partial charge in [-0.25, -0.2) is 0 Å². The fourth-order valence-corrected chi connectivity index (χ4v) is 1.92. The molecule has 0 saturated carbocycles. The van der Waals surface area contributed by atoms with E-state index in [2.05, 4.69) is 10.6 Å². The monoisotopic (exact) mass is 311 g/mol. The van der Waals surface area contributed by atoms with Gasteiger partial charge in [-0.15, -0.1) is 0 Å². The van der Waals surface area contributed by atoms with E-state index in [1.807, 2.05) is 6.92 Å². The van der Waals surface area contributed by atoms with Crippen molar-refractivity contribution in [3.8, 4) is 5.75 Å². The molecule has 114 valence electrons. The molecule has 0 aliphatic carbocycles. The van der Waals surface area contributed by atoms with Gasteiger partial charge in [0.25, 0.3) is 5.69 Å². The molecule has 0 fully saturated rings. The second kappa shape index (κ2) is 8.15. The molecule has 0 radical (unpaired) electrons. The first kappa shape index (κ1) is 16.8. The molecule has 7 nitrogen and oxygen atoms in total. The topological polar surface area (TPSA) is 93.5 Å². The Bertz CT molecular complexity index is 548. The molecule has 8 heteroatoms. The smallest absolute Gasteiger partial charge is 0.280 e. The highest BCUT2D eigenvalue weighted by molar-refractivity contribution is 7.80. The van der Waals surface area contributed by atoms with Crippen LogP contribution in [0.25, 0.3) is 0 Å². The molecule has 21 heavy (non-hydrogen) atoms. The number of carbonyl (C=O) groups is 1. The van der Waals surface area contributed by atoms with E-state index in [1.165, 1.54) is 25.3 Å². The zero-order valence-corrected chi connectivity index (χ0v) is 12.7. The molecule has 0 aromatic heterocycles. The van der Waals surface area contributed by atoms with E-state index in [1.54, 1.807) is 0 Å². The Hall–Kier alpha value is -2.22. The number of methoxy groups -OCH3 is 1. The summed E-state index contributed by atoms with van der Waals surface area (Å²) in [6.07, 6.45) is 0.0968. The van der Waals surface area contributed by atoms with Crippen LogP contribution in [0.1, 0.15) is 23.7 Å². The van der Waals surface area contributed by atoms with Crippen LogP contribution in [0.2, 0.25) is 0 Å². The van der Waals surface area contributed by atoms with Gasteiger partial charge >= 0.3 is 0 Å². The van der Waals surface area contributed by atoms with Crippen molar-refractivity contribution in [1.82, 2.24) is 10.6 Å². The Morgan fingerprint density at radius 1 is 1.43 bits per heavy atom. The van der Waals surface area contributed by atoms with Gasteiger partial charge in [-0.05, 0) is 31.3 Å². The average molecular weight is 311 g/mol. The molecular weight excluding hydrogens is 294 g/mol. The minimum Gasteiger partial charge on any atom is -0.497 e. The van der Waals surface area contributed by atoms with E-state index >= 15 is 0 Å². The number of nitrogens with zero attached hydrogens (tertiary/aromatic N) is 1. The van der Waals surface area contributed by atoms with Crippen LogP contribution in [0, 0.1) is 10.1 Å². The van der Waals surface area contributed by atoms with Crippen LogP contribution in [0.3, 0.4) is 0 Å². The molecule has 0 aliphatic heterocycles. The maximum atomic E-state index is 12.1. The fourth-order valence-electron chi connectivity index (χ4n) is 1.67. The predicted molar refractivity (Wildman–Crippen MR) is 82.9 cm³/mol. The number of hydrogen-bond donors (Lipinski definition) is 2. The van der Waals surface area contributed by atoms with Crippen molar-refractivity contribution in [2.45, 2.75) is 13.3 Å². The van der Waals surface area contributed by atoms with Crippen LogP contribution >= 0.6 is 12.2 Å². The molecule has 0 bridgehead atoms. The Labute approximate surface area is 127 Å². The van der Waals surface area contributed by atoms with Gasteiger partial charge in [-0.2, -0.15) is 0 Å². The number of rotatable bonds is 7. The second-order valence-corrected chi connectivity index (χ2v) is 4.51. The summed E-state index contributed by atoms with van der Waals surface area (Å²) in [7, 11) is 1.44. The Kier molecular flexibility index (Phi) is 6.54. The van der Waals surface area contributed by atoms with Gasteiger partial charge in [0, 0.05) is 25.6 Å². The lowest BCUT2D eigenvalue weighted by molar-refractivity contribution is -0.385. The average Bonchev–Trinajstić information content (AvgIpc) is 2.46. The summed E-state index contributed by atoms with van der Waals surface area (Å²) in [5.41, 5.74) is -0.189.